The zero-order valence-corrected chi connectivity index (χ0v) is 28.9. The van der Waals surface area contributed by atoms with Crippen molar-refractivity contribution >= 4 is 33.5 Å². The van der Waals surface area contributed by atoms with E-state index in [1.165, 1.54) is 27.8 Å². The van der Waals surface area contributed by atoms with Crippen LogP contribution >= 0.6 is 11.3 Å². The molecule has 1 aromatic heterocycles. The number of phenols is 1. The SMILES string of the molecule is Cc1ccc(C)c(-c2ccc(-c3cc(C(C)(C)C)cc4sc(-c5ccccc5N=Cc5cc(C(C)(C)C)ccc5O)nc34)cc2)c1. The maximum atomic E-state index is 10.6. The Bertz CT molecular complexity index is 2090. The summed E-state index contributed by atoms with van der Waals surface area (Å²) in [6.07, 6.45) is 1.76. The molecule has 3 nitrogen and oxygen atoms in total. The number of aliphatic imine (C=N–C) groups is 1. The molecule has 0 atom stereocenters. The maximum absolute atomic E-state index is 10.6. The smallest absolute Gasteiger partial charge is 0.126 e. The van der Waals surface area contributed by atoms with E-state index in [1.54, 1.807) is 23.6 Å². The van der Waals surface area contributed by atoms with E-state index in [2.05, 4.69) is 116 Å². The highest BCUT2D eigenvalue weighted by molar-refractivity contribution is 7.21. The van der Waals surface area contributed by atoms with Crippen molar-refractivity contribution in [1.29, 1.82) is 0 Å². The number of para-hydroxylation sites is 1. The lowest BCUT2D eigenvalue weighted by Gasteiger charge is -2.20. The van der Waals surface area contributed by atoms with Crippen molar-refractivity contribution in [3.63, 3.8) is 0 Å². The quantitative estimate of drug-likeness (QED) is 0.194. The molecule has 0 aliphatic carbocycles. The first-order chi connectivity index (χ1) is 21.8. The zero-order chi connectivity index (χ0) is 32.8. The first-order valence-corrected chi connectivity index (χ1v) is 16.7. The summed E-state index contributed by atoms with van der Waals surface area (Å²) < 4.78 is 1.16. The third kappa shape index (κ3) is 6.41. The topological polar surface area (TPSA) is 45.5 Å². The summed E-state index contributed by atoms with van der Waals surface area (Å²) in [5.41, 5.74) is 13.2. The molecule has 0 unspecified atom stereocenters. The van der Waals surface area contributed by atoms with Crippen LogP contribution in [0.25, 0.3) is 43.0 Å². The molecule has 0 bridgehead atoms. The van der Waals surface area contributed by atoms with Crippen molar-refractivity contribution in [3.8, 4) is 38.6 Å². The van der Waals surface area contributed by atoms with Crippen LogP contribution in [0, 0.1) is 13.8 Å². The van der Waals surface area contributed by atoms with Crippen LogP contribution in [0.1, 0.15) is 69.4 Å². The third-order valence-electron chi connectivity index (χ3n) is 8.63. The average Bonchev–Trinajstić information content (AvgIpc) is 3.45. The number of fused-ring (bicyclic) bond motifs is 1. The fourth-order valence-electron chi connectivity index (χ4n) is 5.70. The molecule has 0 amide bonds. The Hall–Kier alpha value is -4.54. The molecule has 6 rings (SSSR count). The third-order valence-corrected chi connectivity index (χ3v) is 9.67. The molecule has 0 aliphatic rings. The molecule has 46 heavy (non-hydrogen) atoms. The predicted octanol–water partition coefficient (Wildman–Crippen LogP) is 12.0. The molecule has 1 heterocycles. The Balaban J connectivity index is 1.44. The van der Waals surface area contributed by atoms with Crippen LogP contribution < -0.4 is 0 Å². The summed E-state index contributed by atoms with van der Waals surface area (Å²) in [5, 5.41) is 11.5. The van der Waals surface area contributed by atoms with Gasteiger partial charge in [-0.15, -0.1) is 11.3 Å². The van der Waals surface area contributed by atoms with Crippen LogP contribution in [0.3, 0.4) is 0 Å². The molecule has 232 valence electrons. The van der Waals surface area contributed by atoms with Gasteiger partial charge >= 0.3 is 0 Å². The van der Waals surface area contributed by atoms with E-state index in [1.807, 2.05) is 30.3 Å². The van der Waals surface area contributed by atoms with E-state index in [4.69, 9.17) is 9.98 Å². The van der Waals surface area contributed by atoms with E-state index < -0.39 is 0 Å². The molecule has 0 saturated carbocycles. The lowest BCUT2D eigenvalue weighted by molar-refractivity contribution is 0.473. The van der Waals surface area contributed by atoms with E-state index in [9.17, 15) is 5.11 Å². The van der Waals surface area contributed by atoms with E-state index in [0.29, 0.717) is 5.56 Å². The van der Waals surface area contributed by atoms with Crippen LogP contribution in [0.4, 0.5) is 5.69 Å². The molecule has 0 radical (unpaired) electrons. The summed E-state index contributed by atoms with van der Waals surface area (Å²) >= 11 is 1.70. The number of aromatic hydroxyl groups is 1. The standard InChI is InChI=1S/C42H42N2OS/c1-26-13-14-27(2)34(21-26)28-15-17-29(18-16-28)35-23-32(42(6,7)8)24-38-39(35)44-40(46-38)33-11-9-10-12-36(33)43-25-30-22-31(41(3,4)5)19-20-37(30)45/h9-25,45H,1-8H3. The van der Waals surface area contributed by atoms with Gasteiger partial charge in [0, 0.05) is 22.9 Å². The Kier molecular flexibility index (Phi) is 8.20. The van der Waals surface area contributed by atoms with Crippen LogP contribution in [0.15, 0.2) is 102 Å². The molecule has 1 N–H and O–H groups in total. The van der Waals surface area contributed by atoms with Crippen LogP contribution in [-0.4, -0.2) is 16.3 Å². The highest BCUT2D eigenvalue weighted by Gasteiger charge is 2.21. The van der Waals surface area contributed by atoms with Gasteiger partial charge in [-0.2, -0.15) is 0 Å². The normalized spacial score (nSPS) is 12.3. The minimum absolute atomic E-state index is 0.0164. The fraction of sp³-hybridized carbons (Fsp3) is 0.238. The molecule has 4 heteroatoms. The second kappa shape index (κ2) is 12.0. The largest absolute Gasteiger partial charge is 0.507 e. The van der Waals surface area contributed by atoms with Crippen molar-refractivity contribution in [1.82, 2.24) is 4.98 Å². The summed E-state index contributed by atoms with van der Waals surface area (Å²) in [6.45, 7) is 17.6. The van der Waals surface area contributed by atoms with Gasteiger partial charge in [0.1, 0.15) is 10.8 Å². The maximum Gasteiger partial charge on any atom is 0.126 e. The highest BCUT2D eigenvalue weighted by atomic mass is 32.1. The first-order valence-electron chi connectivity index (χ1n) is 15.9. The minimum Gasteiger partial charge on any atom is -0.507 e. The van der Waals surface area contributed by atoms with Gasteiger partial charge in [-0.1, -0.05) is 108 Å². The molecule has 0 fully saturated rings. The number of rotatable bonds is 5. The molecule has 5 aromatic carbocycles. The Morgan fingerprint density at radius 1 is 0.674 bits per heavy atom. The molecule has 6 aromatic rings. The summed E-state index contributed by atoms with van der Waals surface area (Å²) in [4.78, 5) is 10.1. The molecular formula is C42H42N2OS. The molecule has 0 aliphatic heterocycles. The van der Waals surface area contributed by atoms with E-state index in [0.717, 1.165) is 43.2 Å². The van der Waals surface area contributed by atoms with E-state index in [-0.39, 0.29) is 16.6 Å². The van der Waals surface area contributed by atoms with Crippen LogP contribution in [-0.2, 0) is 10.8 Å². The van der Waals surface area contributed by atoms with Gasteiger partial charge in [-0.05, 0) is 94.5 Å². The minimum atomic E-state index is -0.0291. The first kappa shape index (κ1) is 31.4. The number of aryl methyl sites for hydroxylation is 2. The highest BCUT2D eigenvalue weighted by Crippen LogP contribution is 2.42. The number of thiazole rings is 1. The summed E-state index contributed by atoms with van der Waals surface area (Å²) in [7, 11) is 0. The van der Waals surface area contributed by atoms with Gasteiger partial charge in [0.15, 0.2) is 0 Å². The lowest BCUT2D eigenvalue weighted by atomic mass is 9.85. The fourth-order valence-corrected chi connectivity index (χ4v) is 6.77. The molecular weight excluding hydrogens is 581 g/mol. The number of benzene rings is 5. The average molecular weight is 623 g/mol. The van der Waals surface area contributed by atoms with Crippen molar-refractivity contribution in [2.45, 2.75) is 66.2 Å². The van der Waals surface area contributed by atoms with Gasteiger partial charge < -0.3 is 5.11 Å². The van der Waals surface area contributed by atoms with Gasteiger partial charge in [0.2, 0.25) is 0 Å². The number of phenolic OH excluding ortho intramolecular Hbond substituents is 1. The second-order valence-electron chi connectivity index (χ2n) is 14.3. The number of nitrogens with zero attached hydrogens (tertiary/aromatic N) is 2. The molecule has 0 spiro atoms. The monoisotopic (exact) mass is 622 g/mol. The van der Waals surface area contributed by atoms with Gasteiger partial charge in [-0.3, -0.25) is 4.99 Å². The number of aromatic nitrogens is 1. The zero-order valence-electron chi connectivity index (χ0n) is 28.1. The number of hydrogen-bond acceptors (Lipinski definition) is 4. The van der Waals surface area contributed by atoms with Crippen molar-refractivity contribution in [3.05, 3.63) is 125 Å². The van der Waals surface area contributed by atoms with Gasteiger partial charge in [0.25, 0.3) is 0 Å². The van der Waals surface area contributed by atoms with Crippen LogP contribution in [0.2, 0.25) is 0 Å². The Morgan fingerprint density at radius 3 is 2.04 bits per heavy atom. The van der Waals surface area contributed by atoms with Crippen molar-refractivity contribution < 1.29 is 5.11 Å². The van der Waals surface area contributed by atoms with E-state index >= 15 is 0 Å². The van der Waals surface area contributed by atoms with Gasteiger partial charge in [-0.25, -0.2) is 4.98 Å². The Morgan fingerprint density at radius 2 is 1.35 bits per heavy atom. The molecule has 0 saturated heterocycles. The Labute approximate surface area is 277 Å². The van der Waals surface area contributed by atoms with Crippen LogP contribution in [0.5, 0.6) is 5.75 Å². The second-order valence-corrected chi connectivity index (χ2v) is 15.4. The summed E-state index contributed by atoms with van der Waals surface area (Å²) in [6, 6.07) is 34.0. The number of hydrogen-bond donors (Lipinski definition) is 1. The van der Waals surface area contributed by atoms with Crippen molar-refractivity contribution in [2.24, 2.45) is 4.99 Å². The predicted molar refractivity (Wildman–Crippen MR) is 198 cm³/mol. The van der Waals surface area contributed by atoms with Crippen molar-refractivity contribution in [2.75, 3.05) is 0 Å². The van der Waals surface area contributed by atoms with Gasteiger partial charge in [0.05, 0.1) is 15.9 Å². The summed E-state index contributed by atoms with van der Waals surface area (Å²) in [5.74, 6) is 0.220. The lowest BCUT2D eigenvalue weighted by Crippen LogP contribution is -2.11.